The third kappa shape index (κ3) is 4.64. The van der Waals surface area contributed by atoms with E-state index in [1.165, 1.54) is 5.06 Å². The average molecular weight is 300 g/mol. The Morgan fingerprint density at radius 3 is 2.24 bits per heavy atom. The van der Waals surface area contributed by atoms with Crippen molar-refractivity contribution in [3.8, 4) is 0 Å². The fourth-order valence-corrected chi connectivity index (χ4v) is 3.36. The molecule has 1 fully saturated rings. The van der Waals surface area contributed by atoms with Crippen molar-refractivity contribution in [2.45, 2.75) is 64.6 Å². The van der Waals surface area contributed by atoms with Crippen molar-refractivity contribution in [2.24, 2.45) is 0 Å². The Morgan fingerprint density at radius 2 is 1.81 bits per heavy atom. The van der Waals surface area contributed by atoms with Gasteiger partial charge in [0.1, 0.15) is 6.73 Å². The van der Waals surface area contributed by atoms with Gasteiger partial charge in [-0.15, -0.1) is 10.3 Å². The molecule has 1 heterocycles. The van der Waals surface area contributed by atoms with Gasteiger partial charge in [-0.3, -0.25) is 9.69 Å². The topological polar surface area (TPSA) is 64.7 Å². The first-order chi connectivity index (χ1) is 9.64. The first-order valence-electron chi connectivity index (χ1n) is 7.61. The van der Waals surface area contributed by atoms with Gasteiger partial charge in [0, 0.05) is 24.2 Å². The van der Waals surface area contributed by atoms with E-state index in [4.69, 9.17) is 4.74 Å². The minimum absolute atomic E-state index is 0.0427. The highest BCUT2D eigenvalue weighted by Crippen LogP contribution is 2.38. The molecule has 123 valence electrons. The highest BCUT2D eigenvalue weighted by atomic mass is 16.5. The molecule has 1 aliphatic heterocycles. The Bertz CT molecular complexity index is 340. The smallest absolute Gasteiger partial charge is 0.235 e. The van der Waals surface area contributed by atoms with E-state index in [-0.39, 0.29) is 18.7 Å². The third-order valence-corrected chi connectivity index (χ3v) is 4.25. The number of rotatable bonds is 6. The average Bonchev–Trinajstić information content (AvgIpc) is 2.39. The zero-order chi connectivity index (χ0) is 16.3. The second-order valence-corrected chi connectivity index (χ2v) is 7.08. The number of nitrogens with one attached hydrogen (secondary N) is 1. The quantitative estimate of drug-likeness (QED) is 0.753. The molecule has 0 saturated carbocycles. The lowest BCUT2D eigenvalue weighted by Gasteiger charge is -2.52. The zero-order valence-electron chi connectivity index (χ0n) is 14.2. The molecule has 0 aromatic heterocycles. The van der Waals surface area contributed by atoms with E-state index in [9.17, 15) is 10.0 Å². The Hall–Kier alpha value is -0.690. The van der Waals surface area contributed by atoms with Crippen molar-refractivity contribution in [1.29, 1.82) is 0 Å². The van der Waals surface area contributed by atoms with Gasteiger partial charge in [-0.2, -0.15) is 0 Å². The van der Waals surface area contributed by atoms with Crippen LogP contribution >= 0.6 is 0 Å². The SMILES string of the molecule is CCN(CC(=O)NCOC)C1CC(C)(C)N([O])C(C)(C)C1. The number of amides is 1. The first kappa shape index (κ1) is 18.4. The fraction of sp³-hybridized carbons (Fsp3) is 0.933. The van der Waals surface area contributed by atoms with Crippen molar-refractivity contribution in [2.75, 3.05) is 26.9 Å². The second kappa shape index (κ2) is 7.05. The van der Waals surface area contributed by atoms with Crippen LogP contribution in [0.25, 0.3) is 0 Å². The van der Waals surface area contributed by atoms with Gasteiger partial charge < -0.3 is 10.1 Å². The minimum Gasteiger partial charge on any atom is -0.364 e. The number of methoxy groups -OCH3 is 1. The molecule has 1 amide bonds. The van der Waals surface area contributed by atoms with Crippen LogP contribution in [0.5, 0.6) is 0 Å². The van der Waals surface area contributed by atoms with Crippen LogP contribution in [0.2, 0.25) is 0 Å². The van der Waals surface area contributed by atoms with E-state index in [1.54, 1.807) is 7.11 Å². The largest absolute Gasteiger partial charge is 0.364 e. The summed E-state index contributed by atoms with van der Waals surface area (Å²) in [5.41, 5.74) is -0.828. The molecular formula is C15H30N3O3. The molecule has 1 saturated heterocycles. The van der Waals surface area contributed by atoms with Gasteiger partial charge in [0.2, 0.25) is 5.91 Å². The molecule has 0 unspecified atom stereocenters. The Balaban J connectivity index is 2.74. The third-order valence-electron chi connectivity index (χ3n) is 4.25. The molecule has 1 rings (SSSR count). The van der Waals surface area contributed by atoms with Crippen LogP contribution in [0.3, 0.4) is 0 Å². The molecule has 1 aliphatic rings. The fourth-order valence-electron chi connectivity index (χ4n) is 3.36. The Kier molecular flexibility index (Phi) is 6.16. The van der Waals surface area contributed by atoms with Gasteiger partial charge in [0.05, 0.1) is 6.54 Å². The summed E-state index contributed by atoms with van der Waals surface area (Å²) in [5, 5.41) is 16.3. The van der Waals surface area contributed by atoms with E-state index < -0.39 is 11.1 Å². The highest BCUT2D eigenvalue weighted by Gasteiger charge is 2.47. The van der Waals surface area contributed by atoms with Crippen LogP contribution < -0.4 is 5.32 Å². The number of hydroxylamine groups is 2. The molecule has 0 atom stereocenters. The van der Waals surface area contributed by atoms with Gasteiger partial charge in [-0.05, 0) is 47.1 Å². The molecule has 0 aromatic carbocycles. The van der Waals surface area contributed by atoms with Crippen molar-refractivity contribution >= 4 is 5.91 Å². The molecule has 21 heavy (non-hydrogen) atoms. The second-order valence-electron chi connectivity index (χ2n) is 7.08. The van der Waals surface area contributed by atoms with E-state index in [1.807, 2.05) is 34.6 Å². The lowest BCUT2D eigenvalue weighted by atomic mass is 9.78. The molecule has 0 aliphatic carbocycles. The predicted octanol–water partition coefficient (Wildman–Crippen LogP) is 1.40. The number of carbonyl (C=O) groups is 1. The van der Waals surface area contributed by atoms with Crippen molar-refractivity contribution < 1.29 is 14.7 Å². The van der Waals surface area contributed by atoms with Crippen LogP contribution in [0.15, 0.2) is 0 Å². The van der Waals surface area contributed by atoms with E-state index in [0.29, 0.717) is 6.54 Å². The van der Waals surface area contributed by atoms with E-state index >= 15 is 0 Å². The zero-order valence-corrected chi connectivity index (χ0v) is 14.2. The summed E-state index contributed by atoms with van der Waals surface area (Å²) in [6.07, 6.45) is 1.54. The number of hydrogen-bond acceptors (Lipinski definition) is 4. The van der Waals surface area contributed by atoms with Crippen molar-refractivity contribution in [3.63, 3.8) is 0 Å². The summed E-state index contributed by atoms with van der Waals surface area (Å²) in [4.78, 5) is 14.1. The maximum atomic E-state index is 12.4. The van der Waals surface area contributed by atoms with E-state index in [0.717, 1.165) is 19.4 Å². The van der Waals surface area contributed by atoms with Gasteiger partial charge in [-0.25, -0.2) is 0 Å². The van der Waals surface area contributed by atoms with Crippen LogP contribution in [-0.2, 0) is 14.7 Å². The van der Waals surface area contributed by atoms with Crippen molar-refractivity contribution in [3.05, 3.63) is 0 Å². The summed E-state index contributed by atoms with van der Waals surface area (Å²) in [7, 11) is 1.55. The summed E-state index contributed by atoms with van der Waals surface area (Å²) in [6, 6.07) is 0.235. The van der Waals surface area contributed by atoms with Gasteiger partial charge >= 0.3 is 0 Å². The summed E-state index contributed by atoms with van der Waals surface area (Å²) in [6.45, 7) is 11.3. The maximum absolute atomic E-state index is 12.4. The summed E-state index contributed by atoms with van der Waals surface area (Å²) in [5.74, 6) is -0.0427. The summed E-state index contributed by atoms with van der Waals surface area (Å²) >= 11 is 0. The van der Waals surface area contributed by atoms with E-state index in [2.05, 4.69) is 10.2 Å². The summed E-state index contributed by atoms with van der Waals surface area (Å²) < 4.78 is 4.85. The molecule has 0 bridgehead atoms. The Morgan fingerprint density at radius 1 is 1.29 bits per heavy atom. The molecular weight excluding hydrogens is 270 g/mol. The standard InChI is InChI=1S/C15H30N3O3/c1-7-17(10-13(19)16-11-21-6)12-8-14(2,3)18(20)15(4,5)9-12/h12H,7-11H2,1-6H3,(H,16,19). The predicted molar refractivity (Wildman–Crippen MR) is 81.0 cm³/mol. The number of nitrogens with zero attached hydrogens (tertiary/aromatic N) is 2. The van der Waals surface area contributed by atoms with Crippen LogP contribution in [0, 0.1) is 0 Å². The molecule has 0 aromatic rings. The van der Waals surface area contributed by atoms with Crippen LogP contribution in [-0.4, -0.2) is 59.9 Å². The Labute approximate surface area is 128 Å². The number of ether oxygens (including phenoxy) is 1. The lowest BCUT2D eigenvalue weighted by Crippen LogP contribution is -2.62. The molecule has 6 nitrogen and oxygen atoms in total. The van der Waals surface area contributed by atoms with Gasteiger partial charge in [0.25, 0.3) is 0 Å². The first-order valence-corrected chi connectivity index (χ1v) is 7.61. The normalized spacial score (nSPS) is 22.5. The number of hydrogen-bond donors (Lipinski definition) is 1. The minimum atomic E-state index is -0.414. The maximum Gasteiger partial charge on any atom is 0.235 e. The monoisotopic (exact) mass is 300 g/mol. The van der Waals surface area contributed by atoms with Crippen molar-refractivity contribution in [1.82, 2.24) is 15.3 Å². The molecule has 0 spiro atoms. The highest BCUT2D eigenvalue weighted by molar-refractivity contribution is 5.77. The molecule has 1 N–H and O–H groups in total. The number of piperidine rings is 1. The molecule has 6 heteroatoms. The number of likely N-dealkylation sites (N-methyl/N-ethyl adjacent to an activating group) is 1. The van der Waals surface area contributed by atoms with Gasteiger partial charge in [-0.1, -0.05) is 6.92 Å². The molecule has 1 radical (unpaired) electrons. The van der Waals surface area contributed by atoms with Crippen LogP contribution in [0.4, 0.5) is 0 Å². The van der Waals surface area contributed by atoms with Crippen LogP contribution in [0.1, 0.15) is 47.5 Å². The van der Waals surface area contributed by atoms with Gasteiger partial charge in [0.15, 0.2) is 0 Å². The lowest BCUT2D eigenvalue weighted by molar-refractivity contribution is -0.294. The number of carbonyl (C=O) groups excluding carboxylic acids is 1.